The van der Waals surface area contributed by atoms with Gasteiger partial charge in [-0.05, 0) is 136 Å². The van der Waals surface area contributed by atoms with Gasteiger partial charge in [0.05, 0.1) is 11.1 Å². The monoisotopic (exact) mass is 775 g/mol. The predicted octanol–water partition coefficient (Wildman–Crippen LogP) is 14.3. The lowest BCUT2D eigenvalue weighted by Crippen LogP contribution is -2.31. The van der Waals surface area contributed by atoms with Crippen molar-refractivity contribution in [2.75, 3.05) is 4.90 Å². The Morgan fingerprint density at radius 1 is 0.610 bits per heavy atom. The highest BCUT2D eigenvalue weighted by molar-refractivity contribution is 8.03. The first-order valence-corrected chi connectivity index (χ1v) is 22.3. The molecule has 59 heavy (non-hydrogen) atoms. The van der Waals surface area contributed by atoms with Crippen molar-refractivity contribution in [3.05, 3.63) is 253 Å². The Morgan fingerprint density at radius 2 is 1.34 bits per heavy atom. The molecule has 5 aliphatic carbocycles. The van der Waals surface area contributed by atoms with Crippen LogP contribution < -0.4 is 4.90 Å². The molecule has 1 heterocycles. The van der Waals surface area contributed by atoms with Crippen LogP contribution in [0.4, 0.5) is 5.69 Å². The molecule has 1 aliphatic heterocycles. The van der Waals surface area contributed by atoms with Crippen LogP contribution in [0.3, 0.4) is 0 Å². The third-order valence-electron chi connectivity index (χ3n) is 13.9. The highest BCUT2D eigenvalue weighted by atomic mass is 32.2. The van der Waals surface area contributed by atoms with Gasteiger partial charge in [0.2, 0.25) is 0 Å². The first kappa shape index (κ1) is 34.9. The lowest BCUT2D eigenvalue weighted by Gasteiger charge is -2.38. The van der Waals surface area contributed by atoms with Crippen molar-refractivity contribution < 1.29 is 0 Å². The Kier molecular flexibility index (Phi) is 8.30. The molecule has 12 rings (SSSR count). The fourth-order valence-corrected chi connectivity index (χ4v) is 12.6. The highest BCUT2D eigenvalue weighted by Gasteiger charge is 2.48. The Bertz CT molecular complexity index is 2810. The van der Waals surface area contributed by atoms with Crippen molar-refractivity contribution in [3.8, 4) is 0 Å². The number of fused-ring (bicyclic) bond motifs is 8. The fourth-order valence-electron chi connectivity index (χ4n) is 11.2. The summed E-state index contributed by atoms with van der Waals surface area (Å²) in [6.07, 6.45) is 23.2. The zero-order valence-corrected chi connectivity index (χ0v) is 34.0. The zero-order valence-electron chi connectivity index (χ0n) is 33.2. The molecule has 0 saturated carbocycles. The number of anilines is 1. The van der Waals surface area contributed by atoms with Crippen molar-refractivity contribution in [3.63, 3.8) is 0 Å². The molecule has 2 atom stereocenters. The van der Waals surface area contributed by atoms with E-state index >= 15 is 0 Å². The number of hydrogen-bond acceptors (Lipinski definition) is 2. The molecule has 284 valence electrons. The molecule has 2 unspecified atom stereocenters. The zero-order chi connectivity index (χ0) is 38.9. The largest absolute Gasteiger partial charge is 0.313 e. The molecule has 0 fully saturated rings. The average Bonchev–Trinajstić information content (AvgIpc) is 3.84. The van der Waals surface area contributed by atoms with E-state index in [0.29, 0.717) is 11.8 Å². The van der Waals surface area contributed by atoms with Gasteiger partial charge in [0.25, 0.3) is 0 Å². The van der Waals surface area contributed by atoms with Crippen LogP contribution in [0.1, 0.15) is 93.2 Å². The van der Waals surface area contributed by atoms with E-state index in [0.717, 1.165) is 38.5 Å². The summed E-state index contributed by atoms with van der Waals surface area (Å²) in [5.74, 6) is 0.743. The summed E-state index contributed by atoms with van der Waals surface area (Å²) < 4.78 is 0. The van der Waals surface area contributed by atoms with E-state index in [4.69, 9.17) is 0 Å². The van der Waals surface area contributed by atoms with Crippen LogP contribution in [0.2, 0.25) is 0 Å². The van der Waals surface area contributed by atoms with Crippen molar-refractivity contribution >= 4 is 35.2 Å². The molecule has 6 aromatic rings. The molecule has 6 aromatic carbocycles. The standard InChI is InChI=1S/C57H45NS/c1-3-15-42(16-4-1)57(43-17-5-2-6-18-43)52-23-11-9-20-47(52)48-35-34-45(37-53(48)57)58(54-24-13-22-50-49-21-10-12-25-55(49)59-56(50)54)44-32-30-38(31-33-44)41-29-28-40-27-26-39-14-7-8-19-46(39)51(40)36-41/h1-7,9-18,20-21,23-33,37,41,50H,8,19,22,34-36H2. The molecular weight excluding hydrogens is 731 g/mol. The lowest BCUT2D eigenvalue weighted by atomic mass is 9.66. The van der Waals surface area contributed by atoms with Gasteiger partial charge in [-0.1, -0.05) is 170 Å². The number of rotatable bonds is 6. The van der Waals surface area contributed by atoms with Gasteiger partial charge < -0.3 is 4.90 Å². The van der Waals surface area contributed by atoms with E-state index in [1.165, 1.54) is 82.5 Å². The maximum Gasteiger partial charge on any atom is 0.0710 e. The van der Waals surface area contributed by atoms with E-state index in [2.05, 4.69) is 193 Å². The Morgan fingerprint density at radius 3 is 2.15 bits per heavy atom. The van der Waals surface area contributed by atoms with Crippen LogP contribution in [-0.2, 0) is 18.3 Å². The minimum absolute atomic E-state index is 0.360. The van der Waals surface area contributed by atoms with Crippen LogP contribution in [0.5, 0.6) is 0 Å². The Hall–Kier alpha value is -6.09. The fraction of sp³-hybridized carbons (Fsp3) is 0.158. The van der Waals surface area contributed by atoms with E-state index < -0.39 is 5.41 Å². The number of hydrogen-bond donors (Lipinski definition) is 0. The maximum absolute atomic E-state index is 2.64. The molecule has 0 spiro atoms. The Balaban J connectivity index is 1.01. The molecule has 0 N–H and O–H groups in total. The van der Waals surface area contributed by atoms with Gasteiger partial charge in [-0.3, -0.25) is 0 Å². The summed E-state index contributed by atoms with van der Waals surface area (Å²) in [7, 11) is 0. The van der Waals surface area contributed by atoms with E-state index in [1.807, 2.05) is 11.8 Å². The SMILES string of the molecule is C1=Cc2ccc3c(c2CC1)CC(c1ccc(N(C2=CC4=C(CC2)c2ccccc2C4(c2ccccc2)c2ccccc2)C2=C4Sc5ccccc5C4CC=C2)cc1)C=C3. The molecule has 0 bridgehead atoms. The molecule has 0 aromatic heterocycles. The first-order chi connectivity index (χ1) is 29.3. The summed E-state index contributed by atoms with van der Waals surface area (Å²) in [4.78, 5) is 5.51. The van der Waals surface area contributed by atoms with Crippen molar-refractivity contribution in [2.24, 2.45) is 0 Å². The lowest BCUT2D eigenvalue weighted by molar-refractivity contribution is 0.748. The Labute approximate surface area is 352 Å². The third-order valence-corrected chi connectivity index (χ3v) is 15.2. The number of benzene rings is 6. The molecule has 0 saturated heterocycles. The van der Waals surface area contributed by atoms with Gasteiger partial charge in [0, 0.05) is 33.0 Å². The second-order valence-electron chi connectivity index (χ2n) is 16.9. The van der Waals surface area contributed by atoms with Gasteiger partial charge in [0.15, 0.2) is 0 Å². The number of allylic oxidation sites excluding steroid dienone is 9. The van der Waals surface area contributed by atoms with Crippen LogP contribution in [0.15, 0.2) is 203 Å². The van der Waals surface area contributed by atoms with Crippen LogP contribution >= 0.6 is 11.8 Å². The first-order valence-electron chi connectivity index (χ1n) is 21.5. The topological polar surface area (TPSA) is 3.24 Å². The second kappa shape index (κ2) is 14.0. The van der Waals surface area contributed by atoms with Crippen molar-refractivity contribution in [1.29, 1.82) is 0 Å². The number of nitrogens with zero attached hydrogens (tertiary/aromatic N) is 1. The summed E-state index contributed by atoms with van der Waals surface area (Å²) in [6.45, 7) is 0. The van der Waals surface area contributed by atoms with Gasteiger partial charge in [-0.2, -0.15) is 0 Å². The minimum atomic E-state index is -0.421. The predicted molar refractivity (Wildman–Crippen MR) is 247 cm³/mol. The van der Waals surface area contributed by atoms with Gasteiger partial charge in [0.1, 0.15) is 0 Å². The molecule has 6 aliphatic rings. The molecule has 2 heteroatoms. The summed E-state index contributed by atoms with van der Waals surface area (Å²) >= 11 is 1.98. The molecule has 1 nitrogen and oxygen atoms in total. The minimum Gasteiger partial charge on any atom is -0.313 e. The summed E-state index contributed by atoms with van der Waals surface area (Å²) in [5, 5.41) is 0. The average molecular weight is 776 g/mol. The van der Waals surface area contributed by atoms with E-state index in [9.17, 15) is 0 Å². The van der Waals surface area contributed by atoms with E-state index in [1.54, 1.807) is 11.1 Å². The van der Waals surface area contributed by atoms with Gasteiger partial charge in [-0.15, -0.1) is 0 Å². The second-order valence-corrected chi connectivity index (χ2v) is 18.0. The van der Waals surface area contributed by atoms with Crippen LogP contribution in [-0.4, -0.2) is 0 Å². The van der Waals surface area contributed by atoms with Crippen molar-refractivity contribution in [2.45, 2.75) is 60.7 Å². The summed E-state index contributed by atoms with van der Waals surface area (Å²) in [6, 6.07) is 55.1. The van der Waals surface area contributed by atoms with Crippen LogP contribution in [0.25, 0.3) is 17.7 Å². The smallest absolute Gasteiger partial charge is 0.0710 e. The third kappa shape index (κ3) is 5.46. The number of thioether (sulfide) groups is 1. The molecular formula is C57H45NS. The maximum atomic E-state index is 2.64. The highest BCUT2D eigenvalue weighted by Crippen LogP contribution is 2.59. The van der Waals surface area contributed by atoms with Gasteiger partial charge in [-0.25, -0.2) is 0 Å². The van der Waals surface area contributed by atoms with Gasteiger partial charge >= 0.3 is 0 Å². The molecule has 0 radical (unpaired) electrons. The normalized spacial score (nSPS) is 20.3. The summed E-state index contributed by atoms with van der Waals surface area (Å²) in [5.41, 5.74) is 20.5. The molecule has 0 amide bonds. The van der Waals surface area contributed by atoms with Crippen LogP contribution in [0, 0.1) is 0 Å². The quantitative estimate of drug-likeness (QED) is 0.166. The van der Waals surface area contributed by atoms with Crippen molar-refractivity contribution in [1.82, 2.24) is 0 Å². The van der Waals surface area contributed by atoms with E-state index in [-0.39, 0.29) is 0 Å².